The summed E-state index contributed by atoms with van der Waals surface area (Å²) in [6.45, 7) is 3.63. The lowest BCUT2D eigenvalue weighted by atomic mass is 9.86. The Kier molecular flexibility index (Phi) is 11.9. The summed E-state index contributed by atoms with van der Waals surface area (Å²) in [6, 6.07) is 2.78. The molecule has 2 atom stereocenters. The zero-order valence-electron chi connectivity index (χ0n) is 31.4. The third kappa shape index (κ3) is 7.62. The van der Waals surface area contributed by atoms with Crippen LogP contribution in [0.25, 0.3) is 22.3 Å². The number of carbonyl (C=O) groups excluding carboxylic acids is 5. The smallest absolute Gasteiger partial charge is 0.343 e. The van der Waals surface area contributed by atoms with E-state index < -0.39 is 40.0 Å². The van der Waals surface area contributed by atoms with Crippen molar-refractivity contribution in [2.75, 3.05) is 64.6 Å². The number of fused-ring (bicyclic) bond motifs is 7. The Hall–Kier alpha value is -4.22. The number of ether oxygens (including phenoxy) is 4. The van der Waals surface area contributed by atoms with Crippen LogP contribution in [-0.4, -0.2) is 117 Å². The van der Waals surface area contributed by atoms with Crippen LogP contribution in [0.4, 0.5) is 10.1 Å². The van der Waals surface area contributed by atoms with Crippen LogP contribution < -0.4 is 20.5 Å². The number of amides is 4. The maximum atomic E-state index is 15.7. The highest BCUT2D eigenvalue weighted by atomic mass is 127. The first-order chi connectivity index (χ1) is 27.2. The van der Waals surface area contributed by atoms with Gasteiger partial charge in [-0.15, -0.1) is 0 Å². The van der Waals surface area contributed by atoms with Crippen molar-refractivity contribution < 1.29 is 52.4 Å². The van der Waals surface area contributed by atoms with Gasteiger partial charge in [-0.05, 0) is 25.0 Å². The van der Waals surface area contributed by atoms with Crippen LogP contribution in [0, 0.1) is 12.7 Å². The molecule has 0 spiro atoms. The minimum absolute atomic E-state index is 0.0103. The summed E-state index contributed by atoms with van der Waals surface area (Å²) in [5, 5.41) is 13.8. The molecule has 0 saturated carbocycles. The van der Waals surface area contributed by atoms with Crippen molar-refractivity contribution in [2.24, 2.45) is 0 Å². The van der Waals surface area contributed by atoms with E-state index in [2.05, 4.69) is 5.32 Å². The second kappa shape index (κ2) is 16.6. The van der Waals surface area contributed by atoms with Gasteiger partial charge in [0.2, 0.25) is 23.6 Å². The van der Waals surface area contributed by atoms with E-state index in [1.54, 1.807) is 29.5 Å². The molecule has 0 aliphatic carbocycles. The Bertz CT molecular complexity index is 2260. The van der Waals surface area contributed by atoms with Gasteiger partial charge in [-0.2, -0.15) is 2.52 Å². The number of carbonyl (C=O) groups is 5. The molecule has 4 aliphatic rings. The first-order valence-electron chi connectivity index (χ1n) is 18.3. The molecule has 3 aromatic rings. The number of esters is 1. The van der Waals surface area contributed by atoms with Crippen molar-refractivity contribution in [1.82, 2.24) is 22.3 Å². The quantitative estimate of drug-likeness (QED) is 0.0464. The summed E-state index contributed by atoms with van der Waals surface area (Å²) in [4.78, 5) is 84.5. The van der Waals surface area contributed by atoms with Crippen LogP contribution >= 0.6 is 34.8 Å². The van der Waals surface area contributed by atoms with Gasteiger partial charge in [0.1, 0.15) is 18.5 Å². The normalized spacial score (nSPS) is 19.7. The van der Waals surface area contributed by atoms with Gasteiger partial charge in [0.05, 0.1) is 80.8 Å². The summed E-state index contributed by atoms with van der Waals surface area (Å²) in [5.74, 6) is -3.15. The zero-order chi connectivity index (χ0) is 40.8. The second-order valence-corrected chi connectivity index (χ2v) is 17.3. The molecule has 20 heteroatoms. The second-order valence-electron chi connectivity index (χ2n) is 13.8. The van der Waals surface area contributed by atoms with Crippen molar-refractivity contribution in [1.29, 1.82) is 0 Å². The highest BCUT2D eigenvalue weighted by molar-refractivity contribution is 14.1. The Balaban J connectivity index is 0.969. The van der Waals surface area contributed by atoms with Crippen molar-refractivity contribution in [3.05, 3.63) is 50.6 Å². The Labute approximate surface area is 343 Å². The number of nitrogens with zero attached hydrogens (tertiary/aromatic N) is 5. The number of rotatable bonds is 14. The van der Waals surface area contributed by atoms with Crippen LogP contribution in [0.2, 0.25) is 0 Å². The lowest BCUT2D eigenvalue weighted by Gasteiger charge is -2.32. The molecule has 304 valence electrons. The van der Waals surface area contributed by atoms with Gasteiger partial charge < -0.3 is 38.8 Å². The third-order valence-electron chi connectivity index (χ3n) is 10.5. The number of halogens is 2. The van der Waals surface area contributed by atoms with E-state index in [0.717, 1.165) is 0 Å². The maximum absolute atomic E-state index is 15.7. The van der Waals surface area contributed by atoms with Crippen molar-refractivity contribution >= 4 is 81.0 Å². The average Bonchev–Trinajstić information content (AvgIpc) is 3.68. The number of pyridine rings is 2. The molecule has 2 aromatic heterocycles. The molecule has 6 heterocycles. The van der Waals surface area contributed by atoms with E-state index in [-0.39, 0.29) is 125 Å². The molecule has 57 heavy (non-hydrogen) atoms. The molecule has 4 aliphatic heterocycles. The fourth-order valence-corrected chi connectivity index (χ4v) is 9.15. The van der Waals surface area contributed by atoms with Gasteiger partial charge in [0.25, 0.3) is 5.56 Å². The number of hydrogen-bond acceptors (Lipinski definition) is 14. The van der Waals surface area contributed by atoms with Gasteiger partial charge in [-0.25, -0.2) is 14.2 Å². The van der Waals surface area contributed by atoms with Gasteiger partial charge in [-0.3, -0.25) is 28.9 Å². The molecule has 1 saturated heterocycles. The molecular formula is C37H40FIN6O11S. The summed E-state index contributed by atoms with van der Waals surface area (Å²) in [5.41, 5.74) is 0.269. The molecule has 1 aromatic carbocycles. The number of benzene rings is 1. The number of imide groups is 1. The van der Waals surface area contributed by atoms with Gasteiger partial charge >= 0.3 is 5.97 Å². The van der Waals surface area contributed by atoms with E-state index in [9.17, 15) is 33.9 Å². The van der Waals surface area contributed by atoms with Crippen LogP contribution in [-0.2, 0) is 56.9 Å². The number of nitrogens with one attached hydrogen (secondary N) is 1. The first kappa shape index (κ1) is 41.0. The molecule has 7 rings (SSSR count). The molecular weight excluding hydrogens is 882 g/mol. The number of hydrogen-bond donors (Lipinski definition) is 2. The molecule has 0 radical (unpaired) electrons. The van der Waals surface area contributed by atoms with E-state index >= 15 is 4.39 Å². The van der Waals surface area contributed by atoms with Crippen LogP contribution in [0.15, 0.2) is 16.9 Å². The zero-order valence-corrected chi connectivity index (χ0v) is 34.3. The van der Waals surface area contributed by atoms with E-state index in [0.29, 0.717) is 27.9 Å². The minimum atomic E-state index is -2.00. The monoisotopic (exact) mass is 922 g/mol. The van der Waals surface area contributed by atoms with Gasteiger partial charge in [0.15, 0.2) is 17.2 Å². The van der Waals surface area contributed by atoms with Crippen LogP contribution in [0.1, 0.15) is 48.4 Å². The summed E-state index contributed by atoms with van der Waals surface area (Å²) in [6.07, 6.45) is 0.0938. The maximum Gasteiger partial charge on any atom is 0.343 e. The number of anilines is 1. The SMILES string of the molecule is CC[C@@]1(O)C(=O)OCc2c1cc1n(c2=O)Cc2c-1nc1cc(F)c3c(c1c2C)N(C(=O)CNC(=O)CCOCCOCCN1C(=O)CC(SN(C)I)C1=O)CCO3. The highest BCUT2D eigenvalue weighted by Crippen LogP contribution is 2.46. The molecule has 17 nitrogen and oxygen atoms in total. The minimum Gasteiger partial charge on any atom is -0.486 e. The fourth-order valence-electron chi connectivity index (χ4n) is 7.54. The fraction of sp³-hybridized carbons (Fsp3) is 0.486. The van der Waals surface area contributed by atoms with Crippen molar-refractivity contribution in [3.63, 3.8) is 0 Å². The Morgan fingerprint density at radius 3 is 2.63 bits per heavy atom. The first-order valence-corrected chi connectivity index (χ1v) is 20.1. The topological polar surface area (TPSA) is 199 Å². The highest BCUT2D eigenvalue weighted by Gasteiger charge is 2.46. The molecule has 1 unspecified atom stereocenters. The number of aromatic nitrogens is 2. The lowest BCUT2D eigenvalue weighted by molar-refractivity contribution is -0.172. The van der Waals surface area contributed by atoms with Gasteiger partial charge in [-0.1, -0.05) is 18.9 Å². The molecule has 4 amide bonds. The standard InChI is InChI=1S/C37H40FIN6O11S/c1-4-37(52)22-13-25-31-20(17-45(25)34(49)21(22)18-56-36(37)51)19(2)30-24(41-31)14-23(38)33-32(30)43(7-10-55-33)29(48)16-40-27(46)5-8-53-11-12-54-9-6-44-28(47)15-26(35(44)50)57-42(3)39/h13-14,26,52H,4-12,15-18H2,1-3H3,(H,40,46)/t26?,37-/m0/s1. The van der Waals surface area contributed by atoms with Crippen LogP contribution in [0.3, 0.4) is 0 Å². The number of aryl methyl sites for hydroxylation is 1. The van der Waals surface area contributed by atoms with E-state index in [1.165, 1.54) is 32.4 Å². The Morgan fingerprint density at radius 2 is 1.89 bits per heavy atom. The largest absolute Gasteiger partial charge is 0.486 e. The predicted molar refractivity (Wildman–Crippen MR) is 211 cm³/mol. The Morgan fingerprint density at radius 1 is 1.14 bits per heavy atom. The van der Waals surface area contributed by atoms with E-state index in [4.69, 9.17) is 23.9 Å². The summed E-state index contributed by atoms with van der Waals surface area (Å²) >= 11 is 3.34. The van der Waals surface area contributed by atoms with Crippen LogP contribution in [0.5, 0.6) is 5.75 Å². The number of aliphatic hydroxyl groups is 1. The molecule has 0 bridgehead atoms. The lowest BCUT2D eigenvalue weighted by Crippen LogP contribution is -2.44. The average molecular weight is 923 g/mol. The van der Waals surface area contributed by atoms with Crippen molar-refractivity contribution in [2.45, 2.75) is 57.1 Å². The molecule has 2 N–H and O–H groups in total. The summed E-state index contributed by atoms with van der Waals surface area (Å²) in [7, 11) is 1.80. The number of cyclic esters (lactones) is 1. The summed E-state index contributed by atoms with van der Waals surface area (Å²) < 4.78 is 40.8. The van der Waals surface area contributed by atoms with Gasteiger partial charge in [0, 0.05) is 65.3 Å². The third-order valence-corrected chi connectivity index (χ3v) is 12.1. The van der Waals surface area contributed by atoms with Crippen molar-refractivity contribution in [3.8, 4) is 17.1 Å². The molecule has 1 fully saturated rings. The predicted octanol–water partition coefficient (Wildman–Crippen LogP) is 1.85. The van der Waals surface area contributed by atoms with E-state index in [1.807, 2.05) is 22.9 Å². The number of likely N-dealkylation sites (tertiary alicyclic amines) is 1.